The van der Waals surface area contributed by atoms with E-state index in [1.807, 2.05) is 32.0 Å². The standard InChI is InChI=1S/C20H32N2O5/c1-13(2)17(22-19(24)27-20(3,4)5)18(23)21-11-10-14-8-9-15(25-6)16(12-14)26-7/h8-9,12-13,17H,10-11H2,1-7H3,(H,21,23)(H,22,24)/t17-/m0/s1. The third-order valence-electron chi connectivity index (χ3n) is 3.78. The van der Waals surface area contributed by atoms with Gasteiger partial charge < -0.3 is 24.8 Å². The maximum absolute atomic E-state index is 12.5. The molecule has 1 rings (SSSR count). The molecule has 0 aliphatic carbocycles. The van der Waals surface area contributed by atoms with Crippen LogP contribution >= 0.6 is 0 Å². The summed E-state index contributed by atoms with van der Waals surface area (Å²) in [6.07, 6.45) is 0.0276. The van der Waals surface area contributed by atoms with Crippen LogP contribution in [0.1, 0.15) is 40.2 Å². The van der Waals surface area contributed by atoms with Gasteiger partial charge in [0.1, 0.15) is 11.6 Å². The second kappa shape index (κ2) is 10.0. The van der Waals surface area contributed by atoms with Gasteiger partial charge in [0, 0.05) is 6.54 Å². The summed E-state index contributed by atoms with van der Waals surface area (Å²) in [5.74, 6) is 0.995. The number of hydrogen-bond acceptors (Lipinski definition) is 5. The van der Waals surface area contributed by atoms with Gasteiger partial charge in [-0.25, -0.2) is 4.79 Å². The summed E-state index contributed by atoms with van der Waals surface area (Å²) >= 11 is 0. The normalized spacial score (nSPS) is 12.3. The van der Waals surface area contributed by atoms with E-state index in [0.717, 1.165) is 5.56 Å². The summed E-state index contributed by atoms with van der Waals surface area (Å²) in [5.41, 5.74) is 0.393. The van der Waals surface area contributed by atoms with Crippen LogP contribution in [0.3, 0.4) is 0 Å². The Hall–Kier alpha value is -2.44. The Bertz CT molecular complexity index is 638. The number of methoxy groups -OCH3 is 2. The van der Waals surface area contributed by atoms with Crippen LogP contribution < -0.4 is 20.1 Å². The van der Waals surface area contributed by atoms with Gasteiger partial charge in [0.2, 0.25) is 5.91 Å². The minimum atomic E-state index is -0.662. The van der Waals surface area contributed by atoms with Crippen molar-refractivity contribution in [3.63, 3.8) is 0 Å². The highest BCUT2D eigenvalue weighted by Crippen LogP contribution is 2.27. The third kappa shape index (κ3) is 7.76. The molecule has 1 atom stereocenters. The highest BCUT2D eigenvalue weighted by atomic mass is 16.6. The Balaban J connectivity index is 2.61. The van der Waals surface area contributed by atoms with Crippen LogP contribution in [-0.2, 0) is 16.0 Å². The molecule has 27 heavy (non-hydrogen) atoms. The number of benzene rings is 1. The molecule has 1 aromatic rings. The molecule has 1 aromatic carbocycles. The third-order valence-corrected chi connectivity index (χ3v) is 3.78. The molecule has 0 aromatic heterocycles. The molecule has 0 radical (unpaired) electrons. The first-order chi connectivity index (χ1) is 12.6. The van der Waals surface area contributed by atoms with Crippen molar-refractivity contribution in [3.05, 3.63) is 23.8 Å². The van der Waals surface area contributed by atoms with Crippen molar-refractivity contribution in [1.29, 1.82) is 0 Å². The smallest absolute Gasteiger partial charge is 0.408 e. The molecule has 7 nitrogen and oxygen atoms in total. The van der Waals surface area contributed by atoms with Crippen molar-refractivity contribution in [2.45, 2.75) is 52.7 Å². The summed E-state index contributed by atoms with van der Waals surface area (Å²) in [7, 11) is 3.17. The average molecular weight is 380 g/mol. The van der Waals surface area contributed by atoms with Crippen molar-refractivity contribution >= 4 is 12.0 Å². The van der Waals surface area contributed by atoms with Crippen LogP contribution in [-0.4, -0.2) is 44.4 Å². The topological polar surface area (TPSA) is 85.9 Å². The van der Waals surface area contributed by atoms with E-state index >= 15 is 0 Å². The lowest BCUT2D eigenvalue weighted by Crippen LogP contribution is -2.51. The summed E-state index contributed by atoms with van der Waals surface area (Å²) in [6.45, 7) is 9.51. The minimum absolute atomic E-state index is 0.0707. The molecule has 0 heterocycles. The predicted molar refractivity (Wildman–Crippen MR) is 104 cm³/mol. The molecule has 152 valence electrons. The van der Waals surface area contributed by atoms with Crippen molar-refractivity contribution in [1.82, 2.24) is 10.6 Å². The van der Waals surface area contributed by atoms with Crippen molar-refractivity contribution in [2.75, 3.05) is 20.8 Å². The van der Waals surface area contributed by atoms with Crippen LogP contribution in [0, 0.1) is 5.92 Å². The second-order valence-corrected chi connectivity index (χ2v) is 7.60. The van der Waals surface area contributed by atoms with E-state index in [4.69, 9.17) is 14.2 Å². The lowest BCUT2D eigenvalue weighted by atomic mass is 10.0. The summed E-state index contributed by atoms with van der Waals surface area (Å²) in [6, 6.07) is 4.97. The Morgan fingerprint density at radius 2 is 1.70 bits per heavy atom. The monoisotopic (exact) mass is 380 g/mol. The van der Waals surface area contributed by atoms with Crippen molar-refractivity contribution < 1.29 is 23.8 Å². The van der Waals surface area contributed by atoms with Gasteiger partial charge in [-0.1, -0.05) is 19.9 Å². The van der Waals surface area contributed by atoms with Crippen LogP contribution in [0.15, 0.2) is 18.2 Å². The van der Waals surface area contributed by atoms with Crippen LogP contribution in [0.25, 0.3) is 0 Å². The van der Waals surface area contributed by atoms with Crippen molar-refractivity contribution in [2.24, 2.45) is 5.92 Å². The number of ether oxygens (including phenoxy) is 3. The SMILES string of the molecule is COc1ccc(CCNC(=O)[C@@H](NC(=O)OC(C)(C)C)C(C)C)cc1OC. The number of amides is 2. The molecular weight excluding hydrogens is 348 g/mol. The molecule has 0 aliphatic rings. The number of hydrogen-bond donors (Lipinski definition) is 2. The zero-order chi connectivity index (χ0) is 20.6. The molecule has 0 aliphatic heterocycles. The molecule has 0 unspecified atom stereocenters. The predicted octanol–water partition coefficient (Wildman–Crippen LogP) is 2.91. The number of carbonyl (C=O) groups is 2. The van der Waals surface area contributed by atoms with E-state index in [-0.39, 0.29) is 11.8 Å². The highest BCUT2D eigenvalue weighted by Gasteiger charge is 2.26. The molecule has 0 spiro atoms. The van der Waals surface area contributed by atoms with Crippen LogP contribution in [0.2, 0.25) is 0 Å². The lowest BCUT2D eigenvalue weighted by molar-refractivity contribution is -0.124. The molecule has 0 saturated carbocycles. The van der Waals surface area contributed by atoms with Gasteiger partial charge in [-0.2, -0.15) is 0 Å². The number of nitrogens with one attached hydrogen (secondary N) is 2. The lowest BCUT2D eigenvalue weighted by Gasteiger charge is -2.25. The molecule has 0 fully saturated rings. The zero-order valence-electron chi connectivity index (χ0n) is 17.3. The van der Waals surface area contributed by atoms with E-state index in [9.17, 15) is 9.59 Å². The number of rotatable bonds is 8. The maximum Gasteiger partial charge on any atom is 0.408 e. The van der Waals surface area contributed by atoms with E-state index in [1.165, 1.54) is 0 Å². The fourth-order valence-corrected chi connectivity index (χ4v) is 2.45. The summed E-state index contributed by atoms with van der Waals surface area (Å²) < 4.78 is 15.7. The molecule has 2 amide bonds. The molecule has 0 saturated heterocycles. The van der Waals surface area contributed by atoms with E-state index in [1.54, 1.807) is 35.0 Å². The fourth-order valence-electron chi connectivity index (χ4n) is 2.45. The molecule has 7 heteroatoms. The van der Waals surface area contributed by atoms with Crippen molar-refractivity contribution in [3.8, 4) is 11.5 Å². The van der Waals surface area contributed by atoms with Gasteiger partial charge in [0.15, 0.2) is 11.5 Å². The Kier molecular flexibility index (Phi) is 8.40. The minimum Gasteiger partial charge on any atom is -0.493 e. The molecule has 2 N–H and O–H groups in total. The first-order valence-electron chi connectivity index (χ1n) is 9.05. The van der Waals surface area contributed by atoms with E-state index < -0.39 is 17.7 Å². The average Bonchev–Trinajstić information content (AvgIpc) is 2.57. The highest BCUT2D eigenvalue weighted by molar-refractivity contribution is 5.85. The quantitative estimate of drug-likeness (QED) is 0.724. The maximum atomic E-state index is 12.5. The van der Waals surface area contributed by atoms with E-state index in [0.29, 0.717) is 24.5 Å². The number of alkyl carbamates (subject to hydrolysis) is 1. The van der Waals surface area contributed by atoms with Gasteiger partial charge >= 0.3 is 6.09 Å². The Morgan fingerprint density at radius 1 is 1.07 bits per heavy atom. The van der Waals surface area contributed by atoms with Crippen LogP contribution in [0.4, 0.5) is 4.79 Å². The largest absolute Gasteiger partial charge is 0.493 e. The molecule has 0 bridgehead atoms. The fraction of sp³-hybridized carbons (Fsp3) is 0.600. The van der Waals surface area contributed by atoms with Gasteiger partial charge in [-0.05, 0) is 50.8 Å². The summed E-state index contributed by atoms with van der Waals surface area (Å²) in [4.78, 5) is 24.4. The Morgan fingerprint density at radius 3 is 2.22 bits per heavy atom. The first-order valence-corrected chi connectivity index (χ1v) is 9.05. The van der Waals surface area contributed by atoms with Gasteiger partial charge in [0.25, 0.3) is 0 Å². The first kappa shape index (κ1) is 22.6. The van der Waals surface area contributed by atoms with Gasteiger partial charge in [0.05, 0.1) is 14.2 Å². The number of carbonyl (C=O) groups excluding carboxylic acids is 2. The summed E-state index contributed by atoms with van der Waals surface area (Å²) in [5, 5.41) is 5.51. The second-order valence-electron chi connectivity index (χ2n) is 7.60. The molecular formula is C20H32N2O5. The Labute approximate surface area is 161 Å². The van der Waals surface area contributed by atoms with Crippen LogP contribution in [0.5, 0.6) is 11.5 Å². The zero-order valence-corrected chi connectivity index (χ0v) is 17.3. The van der Waals surface area contributed by atoms with Gasteiger partial charge in [-0.3, -0.25) is 4.79 Å². The van der Waals surface area contributed by atoms with Gasteiger partial charge in [-0.15, -0.1) is 0 Å². The van der Waals surface area contributed by atoms with E-state index in [2.05, 4.69) is 10.6 Å².